The number of carbonyl (C=O) groups is 1. The van der Waals surface area contributed by atoms with Gasteiger partial charge in [0.25, 0.3) is 11.5 Å². The lowest BCUT2D eigenvalue weighted by Crippen LogP contribution is -2.32. The standard InChI is InChI=1S/C24H29N5O3/c1-14(2)20(23-27-21(28-32-23)15-8-9-15)26-22(30)16-10-11-17-18(13-16)25-19-7-5-3-4-6-12-29(19)24(17)31/h10-11,13-15,20H,3-9,12H2,1-2H3,(H,26,30). The van der Waals surface area contributed by atoms with Crippen molar-refractivity contribution in [3.8, 4) is 0 Å². The molecule has 1 saturated carbocycles. The van der Waals surface area contributed by atoms with Crippen LogP contribution in [0.2, 0.25) is 0 Å². The zero-order chi connectivity index (χ0) is 22.2. The summed E-state index contributed by atoms with van der Waals surface area (Å²) in [6.07, 6.45) is 7.29. The minimum atomic E-state index is -0.382. The molecule has 1 unspecified atom stereocenters. The van der Waals surface area contributed by atoms with Crippen LogP contribution in [0.4, 0.5) is 0 Å². The molecular weight excluding hydrogens is 406 g/mol. The molecule has 0 spiro atoms. The van der Waals surface area contributed by atoms with Crippen molar-refractivity contribution < 1.29 is 9.32 Å². The molecule has 1 fully saturated rings. The molecular formula is C24H29N5O3. The molecule has 3 heterocycles. The number of aromatic nitrogens is 4. The number of amides is 1. The van der Waals surface area contributed by atoms with Gasteiger partial charge in [-0.2, -0.15) is 4.98 Å². The van der Waals surface area contributed by atoms with Gasteiger partial charge in [0, 0.05) is 24.4 Å². The monoisotopic (exact) mass is 435 g/mol. The van der Waals surface area contributed by atoms with Crippen molar-refractivity contribution in [3.63, 3.8) is 0 Å². The van der Waals surface area contributed by atoms with E-state index in [1.54, 1.807) is 18.2 Å². The predicted octanol–water partition coefficient (Wildman–Crippen LogP) is 3.90. The van der Waals surface area contributed by atoms with Gasteiger partial charge in [-0.15, -0.1) is 0 Å². The molecule has 2 aliphatic rings. The van der Waals surface area contributed by atoms with Crippen LogP contribution in [0, 0.1) is 5.92 Å². The van der Waals surface area contributed by atoms with Crippen LogP contribution in [-0.2, 0) is 13.0 Å². The Bertz CT molecular complexity index is 1210. The van der Waals surface area contributed by atoms with Crippen molar-refractivity contribution in [1.82, 2.24) is 25.0 Å². The Kier molecular flexibility index (Phi) is 5.53. The van der Waals surface area contributed by atoms with Gasteiger partial charge in [-0.3, -0.25) is 14.2 Å². The van der Waals surface area contributed by atoms with Gasteiger partial charge < -0.3 is 9.84 Å². The van der Waals surface area contributed by atoms with Gasteiger partial charge in [-0.1, -0.05) is 31.8 Å². The predicted molar refractivity (Wildman–Crippen MR) is 119 cm³/mol. The van der Waals surface area contributed by atoms with E-state index in [-0.39, 0.29) is 23.4 Å². The third kappa shape index (κ3) is 4.06. The van der Waals surface area contributed by atoms with E-state index < -0.39 is 0 Å². The first kappa shape index (κ1) is 20.8. The highest BCUT2D eigenvalue weighted by molar-refractivity contribution is 5.97. The highest BCUT2D eigenvalue weighted by atomic mass is 16.5. The number of fused-ring (bicyclic) bond motifs is 2. The summed E-state index contributed by atoms with van der Waals surface area (Å²) >= 11 is 0. The zero-order valence-corrected chi connectivity index (χ0v) is 18.6. The normalized spacial score (nSPS) is 17.6. The third-order valence-corrected chi connectivity index (χ3v) is 6.45. The SMILES string of the molecule is CC(C)C(NC(=O)c1ccc2c(=O)n3c(nc2c1)CCCCCC3)c1nc(C2CC2)no1. The summed E-state index contributed by atoms with van der Waals surface area (Å²) in [5, 5.41) is 7.67. The summed E-state index contributed by atoms with van der Waals surface area (Å²) in [7, 11) is 0. The lowest BCUT2D eigenvalue weighted by Gasteiger charge is -2.19. The molecule has 0 saturated heterocycles. The van der Waals surface area contributed by atoms with E-state index in [1.807, 2.05) is 18.4 Å². The van der Waals surface area contributed by atoms with Crippen molar-refractivity contribution in [3.05, 3.63) is 51.7 Å². The number of hydrogen-bond donors (Lipinski definition) is 1. The number of carbonyl (C=O) groups excluding carboxylic acids is 1. The van der Waals surface area contributed by atoms with E-state index in [4.69, 9.17) is 9.51 Å². The number of nitrogens with one attached hydrogen (secondary N) is 1. The molecule has 1 N–H and O–H groups in total. The van der Waals surface area contributed by atoms with Crippen LogP contribution in [0.1, 0.15) is 92.2 Å². The van der Waals surface area contributed by atoms with E-state index in [2.05, 4.69) is 15.5 Å². The average Bonchev–Trinajstić information content (AvgIpc) is 3.50. The molecule has 32 heavy (non-hydrogen) atoms. The minimum Gasteiger partial charge on any atom is -0.340 e. The molecule has 8 heteroatoms. The van der Waals surface area contributed by atoms with E-state index in [0.29, 0.717) is 34.8 Å². The minimum absolute atomic E-state index is 0.0163. The molecule has 2 aromatic heterocycles. The smallest absolute Gasteiger partial charge is 0.261 e. The summed E-state index contributed by atoms with van der Waals surface area (Å²) in [5.74, 6) is 2.21. The highest BCUT2D eigenvalue weighted by Gasteiger charge is 2.31. The Labute approximate surface area is 186 Å². The molecule has 5 rings (SSSR count). The molecule has 1 aromatic carbocycles. The first-order chi connectivity index (χ1) is 15.5. The molecule has 1 aliphatic carbocycles. The number of nitrogens with zero attached hydrogens (tertiary/aromatic N) is 4. The van der Waals surface area contributed by atoms with E-state index in [9.17, 15) is 9.59 Å². The van der Waals surface area contributed by atoms with Crippen molar-refractivity contribution in [2.75, 3.05) is 0 Å². The topological polar surface area (TPSA) is 103 Å². The van der Waals surface area contributed by atoms with Crippen LogP contribution in [0.15, 0.2) is 27.5 Å². The number of hydrogen-bond acceptors (Lipinski definition) is 6. The van der Waals surface area contributed by atoms with Gasteiger partial charge in [0.2, 0.25) is 5.89 Å². The first-order valence-electron chi connectivity index (χ1n) is 11.7. The second-order valence-electron chi connectivity index (χ2n) is 9.34. The van der Waals surface area contributed by atoms with Crippen LogP contribution in [0.5, 0.6) is 0 Å². The van der Waals surface area contributed by atoms with Gasteiger partial charge in [0.1, 0.15) is 11.9 Å². The fraction of sp³-hybridized carbons (Fsp3) is 0.542. The molecule has 1 amide bonds. The largest absolute Gasteiger partial charge is 0.340 e. The number of benzene rings is 1. The quantitative estimate of drug-likeness (QED) is 0.652. The Morgan fingerprint density at radius 1 is 1.16 bits per heavy atom. The molecule has 8 nitrogen and oxygen atoms in total. The van der Waals surface area contributed by atoms with E-state index in [0.717, 1.165) is 56.6 Å². The molecule has 3 aromatic rings. The van der Waals surface area contributed by atoms with Crippen LogP contribution in [0.3, 0.4) is 0 Å². The van der Waals surface area contributed by atoms with Crippen molar-refractivity contribution in [2.24, 2.45) is 5.92 Å². The Morgan fingerprint density at radius 2 is 1.97 bits per heavy atom. The fourth-order valence-electron chi connectivity index (χ4n) is 4.36. The lowest BCUT2D eigenvalue weighted by atomic mass is 10.0. The lowest BCUT2D eigenvalue weighted by molar-refractivity contribution is 0.0914. The fourth-order valence-corrected chi connectivity index (χ4v) is 4.36. The van der Waals surface area contributed by atoms with Crippen LogP contribution in [0.25, 0.3) is 10.9 Å². The van der Waals surface area contributed by atoms with Crippen LogP contribution >= 0.6 is 0 Å². The van der Waals surface area contributed by atoms with Crippen molar-refractivity contribution >= 4 is 16.8 Å². The number of aryl methyl sites for hydroxylation is 1. The van der Waals surface area contributed by atoms with E-state index in [1.165, 1.54) is 0 Å². The Balaban J connectivity index is 1.43. The second-order valence-corrected chi connectivity index (χ2v) is 9.34. The zero-order valence-electron chi connectivity index (χ0n) is 18.6. The molecule has 1 atom stereocenters. The van der Waals surface area contributed by atoms with Gasteiger partial charge in [-0.05, 0) is 49.8 Å². The van der Waals surface area contributed by atoms with Gasteiger partial charge in [0.05, 0.1) is 10.9 Å². The Morgan fingerprint density at radius 3 is 2.75 bits per heavy atom. The first-order valence-corrected chi connectivity index (χ1v) is 11.7. The maximum absolute atomic E-state index is 13.1. The molecule has 168 valence electrons. The summed E-state index contributed by atoms with van der Waals surface area (Å²) in [5.41, 5.74) is 1.02. The third-order valence-electron chi connectivity index (χ3n) is 6.45. The maximum Gasteiger partial charge on any atom is 0.261 e. The van der Waals surface area contributed by atoms with Crippen LogP contribution in [-0.4, -0.2) is 25.6 Å². The van der Waals surface area contributed by atoms with Crippen molar-refractivity contribution in [2.45, 2.75) is 77.3 Å². The summed E-state index contributed by atoms with van der Waals surface area (Å²) in [4.78, 5) is 35.4. The highest BCUT2D eigenvalue weighted by Crippen LogP contribution is 2.38. The second kappa shape index (κ2) is 8.48. The summed E-state index contributed by atoms with van der Waals surface area (Å²) in [6, 6.07) is 4.74. The Hall–Kier alpha value is -3.03. The number of rotatable bonds is 5. The summed E-state index contributed by atoms with van der Waals surface area (Å²) in [6.45, 7) is 4.72. The molecule has 1 aliphatic heterocycles. The van der Waals surface area contributed by atoms with E-state index >= 15 is 0 Å². The average molecular weight is 436 g/mol. The van der Waals surface area contributed by atoms with Gasteiger partial charge >= 0.3 is 0 Å². The van der Waals surface area contributed by atoms with Crippen molar-refractivity contribution in [1.29, 1.82) is 0 Å². The van der Waals surface area contributed by atoms with Gasteiger partial charge in [0.15, 0.2) is 5.82 Å². The van der Waals surface area contributed by atoms with Gasteiger partial charge in [-0.25, -0.2) is 4.98 Å². The maximum atomic E-state index is 13.1. The molecule has 0 bridgehead atoms. The molecule has 0 radical (unpaired) electrons. The summed E-state index contributed by atoms with van der Waals surface area (Å²) < 4.78 is 7.27. The van der Waals surface area contributed by atoms with Crippen LogP contribution < -0.4 is 10.9 Å².